The van der Waals surface area contributed by atoms with Crippen molar-refractivity contribution < 1.29 is 13.9 Å². The average molecular weight is 411 g/mol. The van der Waals surface area contributed by atoms with Crippen molar-refractivity contribution in [3.8, 4) is 11.1 Å². The van der Waals surface area contributed by atoms with Crippen LogP contribution in [0.15, 0.2) is 48.5 Å². The quantitative estimate of drug-likeness (QED) is 0.809. The molecule has 0 unspecified atom stereocenters. The molecule has 0 saturated carbocycles. The topological polar surface area (TPSA) is 41.6 Å². The first-order valence-electron chi connectivity index (χ1n) is 11.0. The minimum Gasteiger partial charge on any atom is -0.381 e. The Bertz CT molecular complexity index is 862. The van der Waals surface area contributed by atoms with E-state index in [1.165, 1.54) is 12.1 Å². The molecule has 0 radical (unpaired) electrons. The summed E-state index contributed by atoms with van der Waals surface area (Å²) in [5.41, 5.74) is 2.73. The molecule has 1 N–H and O–H groups in total. The molecule has 2 aromatic rings. The molecule has 0 bridgehead atoms. The zero-order valence-electron chi connectivity index (χ0n) is 17.7. The molecule has 2 fully saturated rings. The molecule has 2 aliphatic heterocycles. The second kappa shape index (κ2) is 9.27. The van der Waals surface area contributed by atoms with E-state index < -0.39 is 5.41 Å². The Labute approximate surface area is 178 Å². The van der Waals surface area contributed by atoms with Crippen LogP contribution >= 0.6 is 0 Å². The number of carbonyl (C=O) groups is 1. The van der Waals surface area contributed by atoms with Gasteiger partial charge >= 0.3 is 0 Å². The number of amides is 1. The molecule has 2 aliphatic rings. The lowest BCUT2D eigenvalue weighted by Gasteiger charge is -2.39. The SMILES string of the molecule is CN1CCC[C@H](NC(=O)C2(Cc3cccc(-c4ccc(F)cc4)c3)CCOCC2)C1. The molecular weight excluding hydrogens is 379 g/mol. The van der Waals surface area contributed by atoms with Crippen LogP contribution in [-0.2, 0) is 16.0 Å². The fraction of sp³-hybridized carbons (Fsp3) is 0.480. The summed E-state index contributed by atoms with van der Waals surface area (Å²) >= 11 is 0. The predicted molar refractivity (Wildman–Crippen MR) is 117 cm³/mol. The van der Waals surface area contributed by atoms with E-state index in [2.05, 4.69) is 29.4 Å². The van der Waals surface area contributed by atoms with Crippen molar-refractivity contribution in [1.29, 1.82) is 0 Å². The fourth-order valence-electron chi connectivity index (χ4n) is 4.76. The molecular formula is C25H31FN2O2. The molecule has 1 amide bonds. The maximum atomic E-state index is 13.5. The van der Waals surface area contributed by atoms with Crippen LogP contribution in [0.1, 0.15) is 31.2 Å². The van der Waals surface area contributed by atoms with E-state index in [-0.39, 0.29) is 17.8 Å². The number of nitrogens with one attached hydrogen (secondary N) is 1. The molecule has 0 spiro atoms. The summed E-state index contributed by atoms with van der Waals surface area (Å²) in [5, 5.41) is 3.35. The second-order valence-electron chi connectivity index (χ2n) is 8.85. The van der Waals surface area contributed by atoms with Crippen molar-refractivity contribution in [3.05, 3.63) is 59.9 Å². The Balaban J connectivity index is 1.53. The van der Waals surface area contributed by atoms with Gasteiger partial charge in [-0.25, -0.2) is 4.39 Å². The monoisotopic (exact) mass is 410 g/mol. The number of carbonyl (C=O) groups excluding carboxylic acids is 1. The first-order chi connectivity index (χ1) is 14.5. The van der Waals surface area contributed by atoms with Crippen LogP contribution in [-0.4, -0.2) is 50.2 Å². The highest BCUT2D eigenvalue weighted by Crippen LogP contribution is 2.36. The summed E-state index contributed by atoms with van der Waals surface area (Å²) in [6.45, 7) is 3.26. The van der Waals surface area contributed by atoms with Gasteiger partial charge in [0, 0.05) is 25.8 Å². The van der Waals surface area contributed by atoms with Gasteiger partial charge in [-0.05, 0) is 74.5 Å². The number of benzene rings is 2. The normalized spacial score (nSPS) is 21.9. The van der Waals surface area contributed by atoms with Crippen molar-refractivity contribution in [2.75, 3.05) is 33.4 Å². The van der Waals surface area contributed by atoms with Crippen molar-refractivity contribution in [2.45, 2.75) is 38.1 Å². The van der Waals surface area contributed by atoms with Crippen LogP contribution in [0.2, 0.25) is 0 Å². The lowest BCUT2D eigenvalue weighted by Crippen LogP contribution is -2.53. The van der Waals surface area contributed by atoms with Crippen LogP contribution in [0.4, 0.5) is 4.39 Å². The van der Waals surface area contributed by atoms with Gasteiger partial charge in [-0.15, -0.1) is 0 Å². The van der Waals surface area contributed by atoms with Crippen molar-refractivity contribution in [1.82, 2.24) is 10.2 Å². The summed E-state index contributed by atoms with van der Waals surface area (Å²) in [4.78, 5) is 15.8. The Morgan fingerprint density at radius 3 is 2.67 bits per heavy atom. The number of likely N-dealkylation sites (N-methyl/N-ethyl adjacent to an activating group) is 1. The highest BCUT2D eigenvalue weighted by molar-refractivity contribution is 5.83. The lowest BCUT2D eigenvalue weighted by molar-refractivity contribution is -0.137. The molecule has 4 nitrogen and oxygen atoms in total. The van der Waals surface area contributed by atoms with Gasteiger partial charge in [0.15, 0.2) is 0 Å². The summed E-state index contributed by atoms with van der Waals surface area (Å²) < 4.78 is 18.9. The van der Waals surface area contributed by atoms with Gasteiger partial charge < -0.3 is 15.0 Å². The van der Waals surface area contributed by atoms with Crippen LogP contribution in [0.25, 0.3) is 11.1 Å². The van der Waals surface area contributed by atoms with Crippen LogP contribution < -0.4 is 5.32 Å². The summed E-state index contributed by atoms with van der Waals surface area (Å²) in [7, 11) is 2.11. The summed E-state index contributed by atoms with van der Waals surface area (Å²) in [6.07, 6.45) is 4.34. The first kappa shape index (κ1) is 21.0. The van der Waals surface area contributed by atoms with Crippen LogP contribution in [0.3, 0.4) is 0 Å². The van der Waals surface area contributed by atoms with Crippen LogP contribution in [0.5, 0.6) is 0 Å². The predicted octanol–water partition coefficient (Wildman–Crippen LogP) is 4.04. The van der Waals surface area contributed by atoms with Gasteiger partial charge in [0.1, 0.15) is 5.82 Å². The van der Waals surface area contributed by atoms with E-state index in [0.717, 1.165) is 55.5 Å². The third-order valence-electron chi connectivity index (χ3n) is 6.54. The van der Waals surface area contributed by atoms with Crippen molar-refractivity contribution in [3.63, 3.8) is 0 Å². The summed E-state index contributed by atoms with van der Waals surface area (Å²) in [6, 6.07) is 15.1. The molecule has 1 atom stereocenters. The van der Waals surface area contributed by atoms with Gasteiger partial charge in [0.25, 0.3) is 0 Å². The molecule has 30 heavy (non-hydrogen) atoms. The Morgan fingerprint density at radius 2 is 1.93 bits per heavy atom. The molecule has 2 heterocycles. The van der Waals surface area contributed by atoms with Gasteiger partial charge in [-0.1, -0.05) is 36.4 Å². The van der Waals surface area contributed by atoms with E-state index in [0.29, 0.717) is 19.6 Å². The van der Waals surface area contributed by atoms with Crippen LogP contribution in [0, 0.1) is 11.2 Å². The third-order valence-corrected chi connectivity index (χ3v) is 6.54. The van der Waals surface area contributed by atoms with Gasteiger partial charge in [0.05, 0.1) is 5.41 Å². The van der Waals surface area contributed by atoms with E-state index in [9.17, 15) is 9.18 Å². The Morgan fingerprint density at radius 1 is 1.17 bits per heavy atom. The molecule has 160 valence electrons. The molecule has 0 aromatic heterocycles. The van der Waals surface area contributed by atoms with Gasteiger partial charge in [-0.3, -0.25) is 4.79 Å². The van der Waals surface area contributed by atoms with Gasteiger partial charge in [-0.2, -0.15) is 0 Å². The third kappa shape index (κ3) is 4.90. The average Bonchev–Trinajstić information content (AvgIpc) is 2.75. The number of nitrogens with zero attached hydrogens (tertiary/aromatic N) is 1. The number of likely N-dealkylation sites (tertiary alicyclic amines) is 1. The second-order valence-corrected chi connectivity index (χ2v) is 8.85. The Hall–Kier alpha value is -2.24. The molecule has 2 aromatic carbocycles. The molecule has 4 rings (SSSR count). The minimum absolute atomic E-state index is 0.165. The van der Waals surface area contributed by atoms with E-state index in [1.54, 1.807) is 12.1 Å². The Kier molecular flexibility index (Phi) is 6.49. The number of hydrogen-bond donors (Lipinski definition) is 1. The highest BCUT2D eigenvalue weighted by atomic mass is 19.1. The first-order valence-corrected chi connectivity index (χ1v) is 11.0. The smallest absolute Gasteiger partial charge is 0.226 e. The largest absolute Gasteiger partial charge is 0.381 e. The number of hydrogen-bond acceptors (Lipinski definition) is 3. The lowest BCUT2D eigenvalue weighted by atomic mass is 9.74. The molecule has 5 heteroatoms. The zero-order valence-corrected chi connectivity index (χ0v) is 17.7. The minimum atomic E-state index is -0.435. The number of piperidine rings is 1. The molecule has 2 saturated heterocycles. The number of rotatable bonds is 5. The summed E-state index contributed by atoms with van der Waals surface area (Å²) in [5.74, 6) is -0.0700. The standard InChI is InChI=1S/C25H31FN2O2/c1-28-13-3-6-23(18-28)27-24(29)25(11-14-30-15-12-25)17-19-4-2-5-21(16-19)20-7-9-22(26)10-8-20/h2,4-5,7-10,16,23H,3,6,11-15,17-18H2,1H3,(H,27,29)/t23-/m0/s1. The highest BCUT2D eigenvalue weighted by Gasteiger charge is 2.41. The molecule has 0 aliphatic carbocycles. The van der Waals surface area contributed by atoms with Gasteiger partial charge in [0.2, 0.25) is 5.91 Å². The van der Waals surface area contributed by atoms with E-state index >= 15 is 0 Å². The maximum absolute atomic E-state index is 13.5. The van der Waals surface area contributed by atoms with Crippen molar-refractivity contribution >= 4 is 5.91 Å². The van der Waals surface area contributed by atoms with Crippen molar-refractivity contribution in [2.24, 2.45) is 5.41 Å². The van der Waals surface area contributed by atoms with E-state index in [1.807, 2.05) is 12.1 Å². The zero-order chi connectivity index (χ0) is 21.0. The van der Waals surface area contributed by atoms with E-state index in [4.69, 9.17) is 4.74 Å². The number of halogens is 1. The maximum Gasteiger partial charge on any atom is 0.226 e. The fourth-order valence-corrected chi connectivity index (χ4v) is 4.76. The number of ether oxygens (including phenoxy) is 1.